The smallest absolute Gasteiger partial charge is 0.222 e. The lowest BCUT2D eigenvalue weighted by molar-refractivity contribution is -0.121. The van der Waals surface area contributed by atoms with Crippen LogP contribution in [0, 0.1) is 11.7 Å². The number of aromatic amines is 1. The van der Waals surface area contributed by atoms with Gasteiger partial charge < -0.3 is 16.0 Å². The molecule has 0 fully saturated rings. The lowest BCUT2D eigenvalue weighted by Gasteiger charge is -2.15. The van der Waals surface area contributed by atoms with Crippen molar-refractivity contribution in [3.8, 4) is 0 Å². The maximum atomic E-state index is 12.9. The van der Waals surface area contributed by atoms with Gasteiger partial charge in [0, 0.05) is 12.7 Å². The normalized spacial score (nSPS) is 12.2. The van der Waals surface area contributed by atoms with E-state index in [9.17, 15) is 9.18 Å². The Labute approximate surface area is 131 Å². The van der Waals surface area contributed by atoms with Crippen LogP contribution in [-0.4, -0.2) is 27.4 Å². The monoisotopic (exact) mass is 313 g/mol. The number of hydrogen-bond acceptors (Lipinski definition) is 4. The zero-order chi connectivity index (χ0) is 16.2. The fraction of sp³-hybridized carbons (Fsp3) is 0.188. The number of hydrogen-bond donors (Lipinski definition) is 3. The fourth-order valence-corrected chi connectivity index (χ4v) is 2.41. The van der Waals surface area contributed by atoms with Gasteiger partial charge in [0.15, 0.2) is 0 Å². The molecule has 1 amide bonds. The van der Waals surface area contributed by atoms with Crippen LogP contribution in [0.15, 0.2) is 42.9 Å². The molecule has 0 spiro atoms. The SMILES string of the molecule is NC(=O)C(CNc1ncnc2[nH]ccc12)Cc1ccc(F)cc1. The number of fused-ring (bicyclic) bond motifs is 1. The van der Waals surface area contributed by atoms with E-state index in [2.05, 4.69) is 20.3 Å². The molecule has 23 heavy (non-hydrogen) atoms. The van der Waals surface area contributed by atoms with E-state index in [-0.39, 0.29) is 5.82 Å². The minimum atomic E-state index is -0.426. The number of rotatable bonds is 6. The molecule has 2 heterocycles. The second-order valence-electron chi connectivity index (χ2n) is 5.27. The molecule has 3 aromatic rings. The molecule has 118 valence electrons. The molecule has 1 unspecified atom stereocenters. The van der Waals surface area contributed by atoms with Gasteiger partial charge in [0.2, 0.25) is 5.91 Å². The summed E-state index contributed by atoms with van der Waals surface area (Å²) in [4.78, 5) is 23.0. The number of halogens is 1. The van der Waals surface area contributed by atoms with Gasteiger partial charge in [-0.1, -0.05) is 12.1 Å². The zero-order valence-electron chi connectivity index (χ0n) is 12.3. The summed E-state index contributed by atoms with van der Waals surface area (Å²) in [5.74, 6) is -0.509. The lowest BCUT2D eigenvalue weighted by atomic mass is 9.98. The third-order valence-corrected chi connectivity index (χ3v) is 3.67. The number of carbonyl (C=O) groups excluding carboxylic acids is 1. The first-order chi connectivity index (χ1) is 11.1. The second kappa shape index (κ2) is 6.43. The molecule has 4 N–H and O–H groups in total. The number of H-pyrrole nitrogens is 1. The first-order valence-corrected chi connectivity index (χ1v) is 7.19. The van der Waals surface area contributed by atoms with Crippen LogP contribution in [0.3, 0.4) is 0 Å². The predicted molar refractivity (Wildman–Crippen MR) is 85.2 cm³/mol. The molecule has 1 atom stereocenters. The molecule has 0 aliphatic carbocycles. The first-order valence-electron chi connectivity index (χ1n) is 7.19. The lowest BCUT2D eigenvalue weighted by Crippen LogP contribution is -2.31. The number of carbonyl (C=O) groups is 1. The summed E-state index contributed by atoms with van der Waals surface area (Å²) < 4.78 is 12.9. The molecular weight excluding hydrogens is 297 g/mol. The van der Waals surface area contributed by atoms with Crippen molar-refractivity contribution in [2.45, 2.75) is 6.42 Å². The number of amides is 1. The third kappa shape index (κ3) is 3.45. The Bertz CT molecular complexity index is 815. The van der Waals surface area contributed by atoms with Gasteiger partial charge in [-0.3, -0.25) is 4.79 Å². The fourth-order valence-electron chi connectivity index (χ4n) is 2.41. The van der Waals surface area contributed by atoms with E-state index in [4.69, 9.17) is 5.73 Å². The van der Waals surface area contributed by atoms with Crippen molar-refractivity contribution >= 4 is 22.8 Å². The molecule has 6 nitrogen and oxygen atoms in total. The molecule has 0 saturated carbocycles. The summed E-state index contributed by atoms with van der Waals surface area (Å²) in [5.41, 5.74) is 7.05. The van der Waals surface area contributed by atoms with Crippen molar-refractivity contribution in [2.24, 2.45) is 11.7 Å². The summed E-state index contributed by atoms with van der Waals surface area (Å²) in [6.07, 6.45) is 3.65. The highest BCUT2D eigenvalue weighted by atomic mass is 19.1. The van der Waals surface area contributed by atoms with Gasteiger partial charge >= 0.3 is 0 Å². The van der Waals surface area contributed by atoms with Gasteiger partial charge in [0.1, 0.15) is 23.6 Å². The molecule has 0 radical (unpaired) electrons. The number of nitrogens with two attached hydrogens (primary N) is 1. The number of benzene rings is 1. The van der Waals surface area contributed by atoms with Gasteiger partial charge in [-0.05, 0) is 30.2 Å². The van der Waals surface area contributed by atoms with Crippen LogP contribution in [0.2, 0.25) is 0 Å². The Morgan fingerprint density at radius 3 is 2.78 bits per heavy atom. The van der Waals surface area contributed by atoms with E-state index < -0.39 is 11.8 Å². The van der Waals surface area contributed by atoms with E-state index in [1.54, 1.807) is 18.3 Å². The number of primary amides is 1. The Hall–Kier alpha value is -2.96. The first kappa shape index (κ1) is 15.0. The van der Waals surface area contributed by atoms with Crippen LogP contribution in [0.25, 0.3) is 11.0 Å². The number of nitrogens with one attached hydrogen (secondary N) is 2. The molecule has 0 saturated heterocycles. The Morgan fingerprint density at radius 2 is 2.04 bits per heavy atom. The average Bonchev–Trinajstić information content (AvgIpc) is 3.02. The van der Waals surface area contributed by atoms with Crippen LogP contribution in [0.1, 0.15) is 5.56 Å². The van der Waals surface area contributed by atoms with Crippen LogP contribution < -0.4 is 11.1 Å². The van der Waals surface area contributed by atoms with Gasteiger partial charge in [-0.15, -0.1) is 0 Å². The average molecular weight is 313 g/mol. The van der Waals surface area contributed by atoms with E-state index in [0.717, 1.165) is 16.6 Å². The summed E-state index contributed by atoms with van der Waals surface area (Å²) in [6.45, 7) is 0.337. The van der Waals surface area contributed by atoms with Crippen LogP contribution in [-0.2, 0) is 11.2 Å². The standard InChI is InChI=1S/C16H16FN5O/c17-12-3-1-10(2-4-12)7-11(14(18)23)8-20-16-13-5-6-19-15(13)21-9-22-16/h1-6,9,11H,7-8H2,(H2,18,23)(H2,19,20,21,22). The topological polar surface area (TPSA) is 96.7 Å². The van der Waals surface area contributed by atoms with Gasteiger partial charge in [-0.25, -0.2) is 14.4 Å². The van der Waals surface area contributed by atoms with Crippen LogP contribution in [0.5, 0.6) is 0 Å². The van der Waals surface area contributed by atoms with E-state index in [1.807, 2.05) is 6.07 Å². The molecule has 0 aliphatic rings. The van der Waals surface area contributed by atoms with Crippen molar-refractivity contribution in [2.75, 3.05) is 11.9 Å². The van der Waals surface area contributed by atoms with E-state index in [0.29, 0.717) is 18.8 Å². The van der Waals surface area contributed by atoms with Crippen molar-refractivity contribution in [3.63, 3.8) is 0 Å². The second-order valence-corrected chi connectivity index (χ2v) is 5.27. The Kier molecular flexibility index (Phi) is 4.18. The number of nitrogens with zero attached hydrogens (tertiary/aromatic N) is 2. The highest BCUT2D eigenvalue weighted by molar-refractivity contribution is 5.87. The van der Waals surface area contributed by atoms with Crippen LogP contribution >= 0.6 is 0 Å². The largest absolute Gasteiger partial charge is 0.369 e. The zero-order valence-corrected chi connectivity index (χ0v) is 12.3. The molecule has 7 heteroatoms. The minimum absolute atomic E-state index is 0.307. The van der Waals surface area contributed by atoms with Gasteiger partial charge in [-0.2, -0.15) is 0 Å². The van der Waals surface area contributed by atoms with Crippen molar-refractivity contribution in [1.82, 2.24) is 15.0 Å². The van der Waals surface area contributed by atoms with Crippen molar-refractivity contribution in [3.05, 3.63) is 54.2 Å². The van der Waals surface area contributed by atoms with Gasteiger partial charge in [0.25, 0.3) is 0 Å². The maximum Gasteiger partial charge on any atom is 0.222 e. The third-order valence-electron chi connectivity index (χ3n) is 3.67. The molecule has 0 bridgehead atoms. The quantitative estimate of drug-likeness (QED) is 0.647. The summed E-state index contributed by atoms with van der Waals surface area (Å²) in [6, 6.07) is 7.90. The van der Waals surface area contributed by atoms with Crippen LogP contribution in [0.4, 0.5) is 10.2 Å². The Balaban J connectivity index is 1.71. The predicted octanol–water partition coefficient (Wildman–Crippen LogP) is 1.85. The van der Waals surface area contributed by atoms with E-state index >= 15 is 0 Å². The molecule has 1 aromatic carbocycles. The Morgan fingerprint density at radius 1 is 1.26 bits per heavy atom. The summed E-state index contributed by atoms with van der Waals surface area (Å²) >= 11 is 0. The molecule has 2 aromatic heterocycles. The van der Waals surface area contributed by atoms with Crippen molar-refractivity contribution in [1.29, 1.82) is 0 Å². The van der Waals surface area contributed by atoms with Gasteiger partial charge in [0.05, 0.1) is 11.3 Å². The summed E-state index contributed by atoms with van der Waals surface area (Å²) in [5, 5.41) is 3.99. The van der Waals surface area contributed by atoms with E-state index in [1.165, 1.54) is 18.5 Å². The minimum Gasteiger partial charge on any atom is -0.369 e. The molecular formula is C16H16FN5O. The highest BCUT2D eigenvalue weighted by Crippen LogP contribution is 2.18. The number of aromatic nitrogens is 3. The highest BCUT2D eigenvalue weighted by Gasteiger charge is 2.17. The maximum absolute atomic E-state index is 12.9. The molecule has 0 aliphatic heterocycles. The summed E-state index contributed by atoms with van der Waals surface area (Å²) in [7, 11) is 0. The molecule has 3 rings (SSSR count). The number of anilines is 1. The van der Waals surface area contributed by atoms with Crippen molar-refractivity contribution < 1.29 is 9.18 Å².